The molecule has 0 fully saturated rings. The Hall–Kier alpha value is -1.71. The molecule has 91 valence electrons. The number of hydrogen-bond acceptors (Lipinski definition) is 1. The molecular weight excluding hydrogens is 271 g/mol. The normalized spacial score (nSPS) is 9.89. The second-order valence-corrected chi connectivity index (χ2v) is 4.40. The number of carbonyl (C=O) groups is 1. The second kappa shape index (κ2) is 5.76. The SMILES string of the molecule is O=C([N]c1ccc(Cl)cc1)Nc1ccc(Cl)cc1. The van der Waals surface area contributed by atoms with Crippen LogP contribution in [-0.2, 0) is 0 Å². The van der Waals surface area contributed by atoms with Gasteiger partial charge in [-0.25, -0.2) is 4.79 Å². The minimum absolute atomic E-state index is 0.445. The molecule has 3 nitrogen and oxygen atoms in total. The molecule has 2 aromatic rings. The number of hydrogen-bond donors (Lipinski definition) is 1. The Morgan fingerprint density at radius 3 is 1.94 bits per heavy atom. The van der Waals surface area contributed by atoms with Crippen molar-refractivity contribution >= 4 is 40.6 Å². The minimum Gasteiger partial charge on any atom is -0.306 e. The van der Waals surface area contributed by atoms with Crippen molar-refractivity contribution < 1.29 is 4.79 Å². The summed E-state index contributed by atoms with van der Waals surface area (Å²) in [6.45, 7) is 0. The van der Waals surface area contributed by atoms with Crippen molar-refractivity contribution in [3.63, 3.8) is 0 Å². The highest BCUT2D eigenvalue weighted by Gasteiger charge is 2.04. The summed E-state index contributed by atoms with van der Waals surface area (Å²) in [5.41, 5.74) is 1.19. The molecule has 0 aliphatic heterocycles. The number of benzene rings is 2. The lowest BCUT2D eigenvalue weighted by molar-refractivity contribution is 0.255. The third kappa shape index (κ3) is 3.65. The van der Waals surface area contributed by atoms with E-state index >= 15 is 0 Å². The second-order valence-electron chi connectivity index (χ2n) is 3.53. The van der Waals surface area contributed by atoms with E-state index in [-0.39, 0.29) is 0 Å². The highest BCUT2D eigenvalue weighted by Crippen LogP contribution is 2.15. The van der Waals surface area contributed by atoms with E-state index < -0.39 is 6.03 Å². The van der Waals surface area contributed by atoms with Gasteiger partial charge in [0.05, 0.1) is 5.69 Å². The van der Waals surface area contributed by atoms with Crippen molar-refractivity contribution in [2.24, 2.45) is 0 Å². The van der Waals surface area contributed by atoms with Crippen LogP contribution in [0.3, 0.4) is 0 Å². The monoisotopic (exact) mass is 279 g/mol. The van der Waals surface area contributed by atoms with E-state index in [9.17, 15) is 4.79 Å². The maximum atomic E-state index is 11.6. The third-order valence-corrected chi connectivity index (χ3v) is 2.66. The van der Waals surface area contributed by atoms with Crippen molar-refractivity contribution in [1.29, 1.82) is 0 Å². The molecule has 5 heteroatoms. The van der Waals surface area contributed by atoms with Gasteiger partial charge in [0.15, 0.2) is 0 Å². The van der Waals surface area contributed by atoms with Gasteiger partial charge in [-0.2, -0.15) is 5.32 Å². The molecule has 1 N–H and O–H groups in total. The maximum Gasteiger partial charge on any atom is 0.345 e. The Labute approximate surface area is 115 Å². The van der Waals surface area contributed by atoms with Crippen molar-refractivity contribution in [2.75, 3.05) is 5.32 Å². The number of anilines is 1. The summed E-state index contributed by atoms with van der Waals surface area (Å²) in [5.74, 6) is 0. The molecule has 0 atom stereocenters. The highest BCUT2D eigenvalue weighted by molar-refractivity contribution is 6.30. The van der Waals surface area contributed by atoms with Crippen LogP contribution < -0.4 is 10.6 Å². The Morgan fingerprint density at radius 1 is 0.889 bits per heavy atom. The van der Waals surface area contributed by atoms with Gasteiger partial charge in [-0.05, 0) is 48.5 Å². The molecule has 2 aromatic carbocycles. The molecule has 1 radical (unpaired) electrons. The van der Waals surface area contributed by atoms with E-state index in [1.807, 2.05) is 0 Å². The number of carbonyl (C=O) groups excluding carboxylic acids is 1. The van der Waals surface area contributed by atoms with Gasteiger partial charge in [0.25, 0.3) is 0 Å². The number of halogens is 2. The summed E-state index contributed by atoms with van der Waals surface area (Å²) in [6, 6.07) is 13.0. The lowest BCUT2D eigenvalue weighted by Crippen LogP contribution is -2.18. The van der Waals surface area contributed by atoms with E-state index in [2.05, 4.69) is 10.6 Å². The standard InChI is InChI=1S/C13H9Cl2N2O/c14-9-1-5-11(6-2-9)16-13(18)17-12-7-3-10(15)4-8-12/h1-8H,(H,16,18). The molecule has 0 aliphatic carbocycles. The Morgan fingerprint density at radius 2 is 1.39 bits per heavy atom. The summed E-state index contributed by atoms with van der Waals surface area (Å²) in [4.78, 5) is 11.6. The number of urea groups is 1. The van der Waals surface area contributed by atoms with E-state index in [0.717, 1.165) is 0 Å². The summed E-state index contributed by atoms with van der Waals surface area (Å²) >= 11 is 11.5. The fourth-order valence-corrected chi connectivity index (χ4v) is 1.57. The van der Waals surface area contributed by atoms with Crippen molar-refractivity contribution in [1.82, 2.24) is 5.32 Å². The number of nitrogens with zero attached hydrogens (tertiary/aromatic N) is 1. The first-order chi connectivity index (χ1) is 8.63. The smallest absolute Gasteiger partial charge is 0.306 e. The van der Waals surface area contributed by atoms with Gasteiger partial charge in [-0.3, -0.25) is 0 Å². The van der Waals surface area contributed by atoms with Crippen LogP contribution in [-0.4, -0.2) is 6.03 Å². The van der Waals surface area contributed by atoms with Gasteiger partial charge in [0, 0.05) is 15.7 Å². The molecule has 0 aromatic heterocycles. The molecule has 0 saturated heterocycles. The quantitative estimate of drug-likeness (QED) is 0.867. The minimum atomic E-state index is -0.445. The van der Waals surface area contributed by atoms with Crippen LogP contribution in [0.25, 0.3) is 0 Å². The molecule has 2 amide bonds. The topological polar surface area (TPSA) is 43.2 Å². The summed E-state index contributed by atoms with van der Waals surface area (Å²) in [6.07, 6.45) is 0. The van der Waals surface area contributed by atoms with E-state index in [4.69, 9.17) is 23.2 Å². The molecule has 0 spiro atoms. The molecule has 0 bridgehead atoms. The van der Waals surface area contributed by atoms with Gasteiger partial charge < -0.3 is 5.32 Å². The Kier molecular flexibility index (Phi) is 4.07. The zero-order valence-corrected chi connectivity index (χ0v) is 10.7. The first-order valence-corrected chi connectivity index (χ1v) is 5.93. The van der Waals surface area contributed by atoms with E-state index in [0.29, 0.717) is 21.4 Å². The Bertz CT molecular complexity index is 488. The zero-order chi connectivity index (χ0) is 13.0. The molecule has 0 heterocycles. The van der Waals surface area contributed by atoms with Crippen LogP contribution >= 0.6 is 23.2 Å². The third-order valence-electron chi connectivity index (χ3n) is 2.15. The van der Waals surface area contributed by atoms with Crippen molar-refractivity contribution in [3.05, 3.63) is 58.6 Å². The van der Waals surface area contributed by atoms with E-state index in [1.165, 1.54) is 0 Å². The summed E-state index contributed by atoms with van der Waals surface area (Å²) in [5, 5.41) is 7.73. The average molecular weight is 280 g/mol. The number of amides is 2. The number of nitrogens with one attached hydrogen (secondary N) is 1. The lowest BCUT2D eigenvalue weighted by Gasteiger charge is -2.05. The first kappa shape index (κ1) is 12.7. The van der Waals surface area contributed by atoms with Crippen LogP contribution in [0.15, 0.2) is 48.5 Å². The molecule has 0 saturated carbocycles. The highest BCUT2D eigenvalue weighted by atomic mass is 35.5. The van der Waals surface area contributed by atoms with Crippen LogP contribution in [0.1, 0.15) is 0 Å². The van der Waals surface area contributed by atoms with Gasteiger partial charge in [0.2, 0.25) is 0 Å². The van der Waals surface area contributed by atoms with Gasteiger partial charge >= 0.3 is 6.03 Å². The predicted molar refractivity (Wildman–Crippen MR) is 73.7 cm³/mol. The van der Waals surface area contributed by atoms with Crippen LogP contribution in [0.2, 0.25) is 10.0 Å². The van der Waals surface area contributed by atoms with Gasteiger partial charge in [-0.15, -0.1) is 0 Å². The fourth-order valence-electron chi connectivity index (χ4n) is 1.32. The maximum absolute atomic E-state index is 11.6. The number of rotatable bonds is 2. The van der Waals surface area contributed by atoms with Gasteiger partial charge in [0.1, 0.15) is 0 Å². The molecule has 0 aliphatic rings. The predicted octanol–water partition coefficient (Wildman–Crippen LogP) is 4.46. The summed E-state index contributed by atoms with van der Waals surface area (Å²) in [7, 11) is 0. The largest absolute Gasteiger partial charge is 0.345 e. The van der Waals surface area contributed by atoms with Crippen LogP contribution in [0, 0.1) is 0 Å². The van der Waals surface area contributed by atoms with Gasteiger partial charge in [-0.1, -0.05) is 23.2 Å². The fraction of sp³-hybridized carbons (Fsp3) is 0. The van der Waals surface area contributed by atoms with Crippen LogP contribution in [0.4, 0.5) is 16.2 Å². The van der Waals surface area contributed by atoms with Crippen molar-refractivity contribution in [3.8, 4) is 0 Å². The zero-order valence-electron chi connectivity index (χ0n) is 9.23. The Balaban J connectivity index is 1.96. The molecule has 0 unspecified atom stereocenters. The molecule has 2 rings (SSSR count). The van der Waals surface area contributed by atoms with Crippen molar-refractivity contribution in [2.45, 2.75) is 0 Å². The molecular formula is C13H9Cl2N2O. The lowest BCUT2D eigenvalue weighted by atomic mass is 10.3. The first-order valence-electron chi connectivity index (χ1n) is 5.17. The van der Waals surface area contributed by atoms with E-state index in [1.54, 1.807) is 48.5 Å². The van der Waals surface area contributed by atoms with Crippen LogP contribution in [0.5, 0.6) is 0 Å². The summed E-state index contributed by atoms with van der Waals surface area (Å²) < 4.78 is 0. The average Bonchev–Trinajstić information content (AvgIpc) is 2.35. The molecule has 18 heavy (non-hydrogen) atoms.